The van der Waals surface area contributed by atoms with E-state index in [0.29, 0.717) is 16.5 Å². The van der Waals surface area contributed by atoms with E-state index in [-0.39, 0.29) is 11.3 Å². The molecule has 0 bridgehead atoms. The fraction of sp³-hybridized carbons (Fsp3) is 0.0625. The van der Waals surface area contributed by atoms with Gasteiger partial charge in [0.05, 0.1) is 23.0 Å². The molecular weight excluding hydrogens is 302 g/mol. The van der Waals surface area contributed by atoms with E-state index in [4.69, 9.17) is 0 Å². The van der Waals surface area contributed by atoms with Crippen molar-refractivity contribution in [3.8, 4) is 11.3 Å². The van der Waals surface area contributed by atoms with Gasteiger partial charge in [0.1, 0.15) is 0 Å². The van der Waals surface area contributed by atoms with Crippen LogP contribution in [0.1, 0.15) is 10.4 Å². The number of aromatic nitrogens is 1. The summed E-state index contributed by atoms with van der Waals surface area (Å²) in [6, 6.07) is 15.3. The smallest absolute Gasteiger partial charge is 0.338 e. The highest BCUT2D eigenvalue weighted by Gasteiger charge is 2.26. The monoisotopic (exact) mass is 315 g/mol. The topological polar surface area (TPSA) is 76.4 Å². The number of carboxylic acid groups (broad SMARTS) is 1. The predicted molar refractivity (Wildman–Crippen MR) is 84.6 cm³/mol. The normalized spacial score (nSPS) is 11.7. The standard InChI is InChI=1S/C16H13NO4S/c1-22(20,21)17-13-10-6-5-9-12(13)14(16(18)19)15(17)11-7-3-2-4-8-11/h2-10H,1H3,(H,18,19). The molecule has 0 amide bonds. The molecule has 3 aromatic rings. The lowest BCUT2D eigenvalue weighted by Crippen LogP contribution is -2.12. The Balaban J connectivity index is 2.58. The van der Waals surface area contributed by atoms with Gasteiger partial charge in [0.2, 0.25) is 10.0 Å². The van der Waals surface area contributed by atoms with Crippen LogP contribution in [0.3, 0.4) is 0 Å². The molecule has 0 saturated heterocycles. The van der Waals surface area contributed by atoms with Crippen LogP contribution in [0.5, 0.6) is 0 Å². The van der Waals surface area contributed by atoms with Gasteiger partial charge >= 0.3 is 5.97 Å². The highest BCUT2D eigenvalue weighted by atomic mass is 32.2. The Labute approximate surface area is 127 Å². The first-order valence-electron chi connectivity index (χ1n) is 6.54. The number of para-hydroxylation sites is 1. The van der Waals surface area contributed by atoms with Crippen molar-refractivity contribution in [3.63, 3.8) is 0 Å². The van der Waals surface area contributed by atoms with E-state index in [2.05, 4.69) is 0 Å². The third-order valence-electron chi connectivity index (χ3n) is 3.42. The average Bonchev–Trinajstić information content (AvgIpc) is 2.83. The number of rotatable bonds is 3. The summed E-state index contributed by atoms with van der Waals surface area (Å²) in [5, 5.41) is 10.00. The van der Waals surface area contributed by atoms with Gasteiger partial charge in [0.15, 0.2) is 0 Å². The minimum atomic E-state index is -3.67. The van der Waals surface area contributed by atoms with Crippen LogP contribution in [0.2, 0.25) is 0 Å². The summed E-state index contributed by atoms with van der Waals surface area (Å²) < 4.78 is 25.6. The first-order chi connectivity index (χ1) is 10.4. The summed E-state index contributed by atoms with van der Waals surface area (Å²) in [6.07, 6.45) is 1.07. The van der Waals surface area contributed by atoms with Crippen LogP contribution in [0, 0.1) is 0 Å². The maximum absolute atomic E-state index is 12.2. The van der Waals surface area contributed by atoms with Crippen molar-refractivity contribution in [2.24, 2.45) is 0 Å². The first kappa shape index (κ1) is 14.3. The molecule has 0 aliphatic rings. The fourth-order valence-electron chi connectivity index (χ4n) is 2.63. The summed E-state index contributed by atoms with van der Waals surface area (Å²) in [5.41, 5.74) is 1.08. The summed E-state index contributed by atoms with van der Waals surface area (Å²) in [4.78, 5) is 11.7. The molecule has 1 N–H and O–H groups in total. The summed E-state index contributed by atoms with van der Waals surface area (Å²) in [7, 11) is -3.67. The van der Waals surface area contributed by atoms with Crippen molar-refractivity contribution < 1.29 is 18.3 Å². The molecule has 1 heterocycles. The molecule has 0 radical (unpaired) electrons. The zero-order chi connectivity index (χ0) is 15.9. The Morgan fingerprint density at radius 3 is 2.18 bits per heavy atom. The SMILES string of the molecule is CS(=O)(=O)n1c(-c2ccccc2)c(C(=O)O)c2ccccc21. The van der Waals surface area contributed by atoms with Crippen molar-refractivity contribution in [3.05, 3.63) is 60.2 Å². The molecule has 6 heteroatoms. The van der Waals surface area contributed by atoms with E-state index < -0.39 is 16.0 Å². The average molecular weight is 315 g/mol. The number of aromatic carboxylic acids is 1. The number of fused-ring (bicyclic) bond motifs is 1. The molecule has 0 atom stereocenters. The highest BCUT2D eigenvalue weighted by Crippen LogP contribution is 2.34. The van der Waals surface area contributed by atoms with Gasteiger partial charge in [0, 0.05) is 10.9 Å². The number of carboxylic acids is 1. The maximum atomic E-state index is 12.2. The van der Waals surface area contributed by atoms with Crippen molar-refractivity contribution in [1.82, 2.24) is 3.97 Å². The minimum Gasteiger partial charge on any atom is -0.478 e. The van der Waals surface area contributed by atoms with E-state index in [0.717, 1.165) is 10.2 Å². The second kappa shape index (κ2) is 4.99. The molecule has 112 valence electrons. The molecule has 22 heavy (non-hydrogen) atoms. The Bertz CT molecular complexity index is 972. The molecule has 0 aliphatic carbocycles. The second-order valence-electron chi connectivity index (χ2n) is 4.94. The molecule has 0 saturated carbocycles. The molecule has 0 unspecified atom stereocenters. The van der Waals surface area contributed by atoms with Gasteiger partial charge in [-0.25, -0.2) is 17.2 Å². The highest BCUT2D eigenvalue weighted by molar-refractivity contribution is 7.89. The van der Waals surface area contributed by atoms with Crippen molar-refractivity contribution in [1.29, 1.82) is 0 Å². The lowest BCUT2D eigenvalue weighted by Gasteiger charge is -2.09. The van der Waals surface area contributed by atoms with Crippen molar-refractivity contribution in [2.75, 3.05) is 6.26 Å². The van der Waals surface area contributed by atoms with Gasteiger partial charge < -0.3 is 5.11 Å². The van der Waals surface area contributed by atoms with Crippen LogP contribution in [-0.4, -0.2) is 29.7 Å². The molecular formula is C16H13NO4S. The summed E-state index contributed by atoms with van der Waals surface area (Å²) >= 11 is 0. The number of nitrogens with zero attached hydrogens (tertiary/aromatic N) is 1. The predicted octanol–water partition coefficient (Wildman–Crippen LogP) is 2.81. The van der Waals surface area contributed by atoms with Gasteiger partial charge in [-0.3, -0.25) is 0 Å². The summed E-state index contributed by atoms with van der Waals surface area (Å²) in [6.45, 7) is 0. The van der Waals surface area contributed by atoms with E-state index in [1.54, 1.807) is 54.6 Å². The number of carbonyl (C=O) groups is 1. The Morgan fingerprint density at radius 1 is 1.00 bits per heavy atom. The van der Waals surface area contributed by atoms with Crippen LogP contribution in [-0.2, 0) is 10.0 Å². The van der Waals surface area contributed by atoms with Crippen LogP contribution >= 0.6 is 0 Å². The quantitative estimate of drug-likeness (QED) is 0.806. The Kier molecular flexibility index (Phi) is 3.26. The molecule has 2 aromatic carbocycles. The van der Waals surface area contributed by atoms with E-state index in [1.807, 2.05) is 0 Å². The molecule has 0 aliphatic heterocycles. The van der Waals surface area contributed by atoms with E-state index >= 15 is 0 Å². The van der Waals surface area contributed by atoms with Crippen molar-refractivity contribution >= 4 is 26.9 Å². The van der Waals surface area contributed by atoms with Gasteiger partial charge in [-0.05, 0) is 6.07 Å². The number of hydrogen-bond donors (Lipinski definition) is 1. The van der Waals surface area contributed by atoms with Crippen LogP contribution in [0.4, 0.5) is 0 Å². The van der Waals surface area contributed by atoms with Gasteiger partial charge in [-0.1, -0.05) is 48.5 Å². The second-order valence-corrected chi connectivity index (χ2v) is 6.77. The molecule has 0 fully saturated rings. The molecule has 5 nitrogen and oxygen atoms in total. The lowest BCUT2D eigenvalue weighted by molar-refractivity contribution is 0.0700. The van der Waals surface area contributed by atoms with Crippen LogP contribution in [0.25, 0.3) is 22.2 Å². The molecule has 1 aromatic heterocycles. The van der Waals surface area contributed by atoms with Crippen molar-refractivity contribution in [2.45, 2.75) is 0 Å². The zero-order valence-corrected chi connectivity index (χ0v) is 12.5. The van der Waals surface area contributed by atoms with Gasteiger partial charge in [-0.15, -0.1) is 0 Å². The van der Waals surface area contributed by atoms with E-state index in [1.165, 1.54) is 0 Å². The number of benzene rings is 2. The van der Waals surface area contributed by atoms with E-state index in [9.17, 15) is 18.3 Å². The first-order valence-corrected chi connectivity index (χ1v) is 8.39. The fourth-order valence-corrected chi connectivity index (χ4v) is 3.68. The van der Waals surface area contributed by atoms with Crippen LogP contribution in [0.15, 0.2) is 54.6 Å². The maximum Gasteiger partial charge on any atom is 0.338 e. The largest absolute Gasteiger partial charge is 0.478 e. The zero-order valence-electron chi connectivity index (χ0n) is 11.7. The molecule has 0 spiro atoms. The third-order valence-corrected chi connectivity index (χ3v) is 4.47. The summed E-state index contributed by atoms with van der Waals surface area (Å²) in [5.74, 6) is -1.16. The molecule has 3 rings (SSSR count). The lowest BCUT2D eigenvalue weighted by atomic mass is 10.1. The van der Waals surface area contributed by atoms with Crippen LogP contribution < -0.4 is 0 Å². The third kappa shape index (κ3) is 2.17. The number of hydrogen-bond acceptors (Lipinski definition) is 3. The Morgan fingerprint density at radius 2 is 1.59 bits per heavy atom. The Hall–Kier alpha value is -2.60. The van der Waals surface area contributed by atoms with Gasteiger partial charge in [0.25, 0.3) is 0 Å². The minimum absolute atomic E-state index is 0.00720. The van der Waals surface area contributed by atoms with Gasteiger partial charge in [-0.2, -0.15) is 0 Å².